The minimum Gasteiger partial charge on any atom is -0.342 e. The molecule has 3 nitrogen and oxygen atoms in total. The second-order valence-electron chi connectivity index (χ2n) is 2.92. The lowest BCUT2D eigenvalue weighted by molar-refractivity contribution is 0.215. The quantitative estimate of drug-likeness (QED) is 0.674. The van der Waals surface area contributed by atoms with Gasteiger partial charge in [-0.25, -0.2) is 9.37 Å². The van der Waals surface area contributed by atoms with E-state index in [2.05, 4.69) is 9.97 Å². The first-order valence-electron chi connectivity index (χ1n) is 3.47. The Morgan fingerprint density at radius 3 is 2.64 bits per heavy atom. The summed E-state index contributed by atoms with van der Waals surface area (Å²) in [7, 11) is 0. The van der Waals surface area contributed by atoms with Crippen LogP contribution in [0.2, 0.25) is 0 Å². The standard InChI is InChI=1S/C7H12FN3/c1-7(2,8)5-4-10-6(3-9)11-5/h4H,3,9H2,1-2H3,(H,10,11). The molecular weight excluding hydrogens is 145 g/mol. The molecular formula is C7H12FN3. The Hall–Kier alpha value is -0.900. The van der Waals surface area contributed by atoms with E-state index in [9.17, 15) is 4.39 Å². The van der Waals surface area contributed by atoms with Gasteiger partial charge in [0.25, 0.3) is 0 Å². The monoisotopic (exact) mass is 157 g/mol. The van der Waals surface area contributed by atoms with E-state index in [1.807, 2.05) is 0 Å². The van der Waals surface area contributed by atoms with E-state index in [0.717, 1.165) is 0 Å². The number of halogens is 1. The first kappa shape index (κ1) is 8.20. The molecule has 0 aliphatic rings. The Balaban J connectivity index is 2.89. The summed E-state index contributed by atoms with van der Waals surface area (Å²) in [5.41, 5.74) is 4.40. The highest BCUT2D eigenvalue weighted by molar-refractivity contribution is 5.08. The molecule has 0 aliphatic heterocycles. The molecule has 4 heteroatoms. The predicted octanol–water partition coefficient (Wildman–Crippen LogP) is 1.07. The predicted molar refractivity (Wildman–Crippen MR) is 40.6 cm³/mol. The van der Waals surface area contributed by atoms with Crippen LogP contribution < -0.4 is 5.73 Å². The van der Waals surface area contributed by atoms with Gasteiger partial charge in [-0.2, -0.15) is 0 Å². The fourth-order valence-corrected chi connectivity index (χ4v) is 0.768. The molecule has 1 heterocycles. The number of aromatic amines is 1. The molecule has 0 fully saturated rings. The summed E-state index contributed by atoms with van der Waals surface area (Å²) in [5, 5.41) is 0. The topological polar surface area (TPSA) is 54.7 Å². The largest absolute Gasteiger partial charge is 0.342 e. The van der Waals surface area contributed by atoms with Crippen LogP contribution >= 0.6 is 0 Å². The number of imidazole rings is 1. The molecule has 0 unspecified atom stereocenters. The third kappa shape index (κ3) is 1.77. The van der Waals surface area contributed by atoms with Crippen LogP contribution in [0.25, 0.3) is 0 Å². The SMILES string of the molecule is CC(C)(F)c1cnc(CN)[nH]1. The first-order valence-corrected chi connectivity index (χ1v) is 3.47. The fraction of sp³-hybridized carbons (Fsp3) is 0.571. The van der Waals surface area contributed by atoms with Gasteiger partial charge in [0.05, 0.1) is 18.4 Å². The molecule has 1 aromatic rings. The van der Waals surface area contributed by atoms with E-state index in [1.54, 1.807) is 0 Å². The molecule has 11 heavy (non-hydrogen) atoms. The van der Waals surface area contributed by atoms with Crippen molar-refractivity contribution in [1.29, 1.82) is 0 Å². The van der Waals surface area contributed by atoms with Crippen LogP contribution in [0, 0.1) is 0 Å². The van der Waals surface area contributed by atoms with Crippen molar-refractivity contribution >= 4 is 0 Å². The van der Waals surface area contributed by atoms with Gasteiger partial charge >= 0.3 is 0 Å². The molecule has 0 aliphatic carbocycles. The molecule has 0 amide bonds. The molecule has 0 aromatic carbocycles. The summed E-state index contributed by atoms with van der Waals surface area (Å²) in [6.07, 6.45) is 1.47. The third-order valence-corrected chi connectivity index (χ3v) is 1.46. The number of nitrogens with two attached hydrogens (primary N) is 1. The van der Waals surface area contributed by atoms with Crippen molar-refractivity contribution in [1.82, 2.24) is 9.97 Å². The van der Waals surface area contributed by atoms with Crippen molar-refractivity contribution in [3.05, 3.63) is 17.7 Å². The Bertz CT molecular complexity index is 236. The minimum atomic E-state index is -1.36. The van der Waals surface area contributed by atoms with Gasteiger partial charge in [0.1, 0.15) is 11.5 Å². The van der Waals surface area contributed by atoms with Crippen molar-refractivity contribution in [3.8, 4) is 0 Å². The molecule has 0 bridgehead atoms. The Morgan fingerprint density at radius 2 is 2.36 bits per heavy atom. The van der Waals surface area contributed by atoms with Crippen molar-refractivity contribution in [3.63, 3.8) is 0 Å². The highest BCUT2D eigenvalue weighted by Crippen LogP contribution is 2.21. The van der Waals surface area contributed by atoms with E-state index in [-0.39, 0.29) is 0 Å². The maximum Gasteiger partial charge on any atom is 0.146 e. The van der Waals surface area contributed by atoms with Crippen LogP contribution in [0.5, 0.6) is 0 Å². The average Bonchev–Trinajstić information content (AvgIpc) is 2.32. The van der Waals surface area contributed by atoms with Crippen molar-refractivity contribution < 1.29 is 4.39 Å². The summed E-state index contributed by atoms with van der Waals surface area (Å²) >= 11 is 0. The molecule has 0 saturated heterocycles. The van der Waals surface area contributed by atoms with Gasteiger partial charge in [-0.05, 0) is 13.8 Å². The number of H-pyrrole nitrogens is 1. The highest BCUT2D eigenvalue weighted by atomic mass is 19.1. The zero-order chi connectivity index (χ0) is 8.48. The van der Waals surface area contributed by atoms with E-state index < -0.39 is 5.67 Å². The number of hydrogen-bond donors (Lipinski definition) is 2. The molecule has 1 aromatic heterocycles. The number of nitrogens with zero attached hydrogens (tertiary/aromatic N) is 1. The van der Waals surface area contributed by atoms with E-state index in [4.69, 9.17) is 5.73 Å². The van der Waals surface area contributed by atoms with Crippen molar-refractivity contribution in [2.24, 2.45) is 5.73 Å². The van der Waals surface area contributed by atoms with Crippen LogP contribution in [0.4, 0.5) is 4.39 Å². The molecule has 62 valence electrons. The molecule has 1 rings (SSSR count). The van der Waals surface area contributed by atoms with Crippen molar-refractivity contribution in [2.45, 2.75) is 26.1 Å². The summed E-state index contributed by atoms with van der Waals surface area (Å²) < 4.78 is 13.2. The first-order chi connectivity index (χ1) is 5.04. The van der Waals surface area contributed by atoms with Gasteiger partial charge in [-0.15, -0.1) is 0 Å². The Kier molecular flexibility index (Phi) is 1.95. The van der Waals surface area contributed by atoms with E-state index in [1.165, 1.54) is 20.0 Å². The zero-order valence-corrected chi connectivity index (χ0v) is 6.69. The Labute approximate surface area is 64.8 Å². The lowest BCUT2D eigenvalue weighted by atomic mass is 10.1. The number of nitrogens with one attached hydrogen (secondary N) is 1. The van der Waals surface area contributed by atoms with Crippen LogP contribution in [0.1, 0.15) is 25.4 Å². The van der Waals surface area contributed by atoms with Crippen LogP contribution in [-0.4, -0.2) is 9.97 Å². The second kappa shape index (κ2) is 2.62. The lowest BCUT2D eigenvalue weighted by Gasteiger charge is -2.09. The molecule has 0 saturated carbocycles. The van der Waals surface area contributed by atoms with Crippen LogP contribution in [-0.2, 0) is 12.2 Å². The molecule has 0 radical (unpaired) electrons. The van der Waals surface area contributed by atoms with Gasteiger partial charge in [0.2, 0.25) is 0 Å². The summed E-state index contributed by atoms with van der Waals surface area (Å²) in [5.74, 6) is 0.616. The fourth-order valence-electron chi connectivity index (χ4n) is 0.768. The smallest absolute Gasteiger partial charge is 0.146 e. The maximum atomic E-state index is 13.2. The van der Waals surface area contributed by atoms with Crippen LogP contribution in [0.3, 0.4) is 0 Å². The number of rotatable bonds is 2. The van der Waals surface area contributed by atoms with Gasteiger partial charge < -0.3 is 10.7 Å². The van der Waals surface area contributed by atoms with Gasteiger partial charge in [-0.1, -0.05) is 0 Å². The van der Waals surface area contributed by atoms with E-state index >= 15 is 0 Å². The number of aromatic nitrogens is 2. The summed E-state index contributed by atoms with van der Waals surface area (Å²) in [6.45, 7) is 3.26. The van der Waals surface area contributed by atoms with Gasteiger partial charge in [0, 0.05) is 0 Å². The second-order valence-corrected chi connectivity index (χ2v) is 2.92. The third-order valence-electron chi connectivity index (χ3n) is 1.46. The molecule has 0 spiro atoms. The normalized spacial score (nSPS) is 12.0. The van der Waals surface area contributed by atoms with Gasteiger partial charge in [0.15, 0.2) is 0 Å². The molecule has 3 N–H and O–H groups in total. The van der Waals surface area contributed by atoms with Crippen LogP contribution in [0.15, 0.2) is 6.20 Å². The van der Waals surface area contributed by atoms with Gasteiger partial charge in [-0.3, -0.25) is 0 Å². The highest BCUT2D eigenvalue weighted by Gasteiger charge is 2.20. The minimum absolute atomic E-state index is 0.316. The molecule has 0 atom stereocenters. The summed E-state index contributed by atoms with van der Waals surface area (Å²) in [4.78, 5) is 6.67. The summed E-state index contributed by atoms with van der Waals surface area (Å²) in [6, 6.07) is 0. The Morgan fingerprint density at radius 1 is 1.73 bits per heavy atom. The van der Waals surface area contributed by atoms with Crippen molar-refractivity contribution in [2.75, 3.05) is 0 Å². The number of alkyl halides is 1. The number of hydrogen-bond acceptors (Lipinski definition) is 2. The zero-order valence-electron chi connectivity index (χ0n) is 6.69. The van der Waals surface area contributed by atoms with E-state index in [0.29, 0.717) is 18.1 Å². The average molecular weight is 157 g/mol. The lowest BCUT2D eigenvalue weighted by Crippen LogP contribution is -2.09. The maximum absolute atomic E-state index is 13.2.